The molecule has 8 nitrogen and oxygen atoms in total. The molecule has 8 heteroatoms. The maximum atomic E-state index is 12.5. The van der Waals surface area contributed by atoms with E-state index in [1.165, 1.54) is 10.1 Å². The molecule has 0 bridgehead atoms. The fraction of sp³-hybridized carbons (Fsp3) is 0.238. The van der Waals surface area contributed by atoms with Crippen LogP contribution in [0, 0.1) is 18.8 Å². The number of aromatic nitrogens is 6. The molecule has 4 rings (SSSR count). The van der Waals surface area contributed by atoms with Gasteiger partial charge in [0.2, 0.25) is 0 Å². The summed E-state index contributed by atoms with van der Waals surface area (Å²) in [6.07, 6.45) is 4.13. The Morgan fingerprint density at radius 1 is 1.14 bits per heavy atom. The summed E-state index contributed by atoms with van der Waals surface area (Å²) in [6.45, 7) is 4.73. The van der Waals surface area contributed by atoms with Crippen LogP contribution in [0.2, 0.25) is 0 Å². The lowest BCUT2D eigenvalue weighted by molar-refractivity contribution is 0.622. The maximum Gasteiger partial charge on any atom is 0.330 e. The van der Waals surface area contributed by atoms with E-state index in [1.807, 2.05) is 38.1 Å². The molecule has 0 spiro atoms. The van der Waals surface area contributed by atoms with E-state index in [-0.39, 0.29) is 16.7 Å². The molecule has 0 aliphatic rings. The van der Waals surface area contributed by atoms with Crippen molar-refractivity contribution in [2.75, 3.05) is 0 Å². The van der Waals surface area contributed by atoms with E-state index in [0.29, 0.717) is 30.9 Å². The Balaban J connectivity index is 1.59. The molecule has 0 aliphatic heterocycles. The fourth-order valence-corrected chi connectivity index (χ4v) is 3.01. The normalized spacial score (nSPS) is 10.8. The summed E-state index contributed by atoms with van der Waals surface area (Å²) in [5.41, 5.74) is 2.55. The van der Waals surface area contributed by atoms with Crippen molar-refractivity contribution < 1.29 is 0 Å². The van der Waals surface area contributed by atoms with Crippen LogP contribution in [0.25, 0.3) is 22.6 Å². The minimum atomic E-state index is -0.454. The van der Waals surface area contributed by atoms with Gasteiger partial charge < -0.3 is 4.98 Å². The first-order valence-corrected chi connectivity index (χ1v) is 9.36. The standard InChI is InChI=1S/C21H20N6O2/c1-3-10-27-20(28)17-19(25-21(27)29)24-18(23-17)16-12-22-26(13-16)11-4-5-15-8-6-14(2)7-9-15/h6-9,12-13H,3,10-11H2,1-2H3,(H,23,24)(H,25,29). The van der Waals surface area contributed by atoms with Crippen LogP contribution in [0.4, 0.5) is 0 Å². The number of nitrogens with zero attached hydrogens (tertiary/aromatic N) is 4. The zero-order valence-corrected chi connectivity index (χ0v) is 16.2. The Hall–Kier alpha value is -3.86. The number of aryl methyl sites for hydroxylation is 1. The molecule has 146 valence electrons. The van der Waals surface area contributed by atoms with E-state index in [0.717, 1.165) is 5.56 Å². The van der Waals surface area contributed by atoms with Crippen LogP contribution < -0.4 is 11.2 Å². The van der Waals surface area contributed by atoms with E-state index < -0.39 is 5.69 Å². The highest BCUT2D eigenvalue weighted by Gasteiger charge is 2.13. The van der Waals surface area contributed by atoms with E-state index in [2.05, 4.69) is 31.9 Å². The Morgan fingerprint density at radius 3 is 2.69 bits per heavy atom. The molecule has 3 heterocycles. The Bertz CT molecular complexity index is 1340. The molecule has 3 aromatic heterocycles. The predicted molar refractivity (Wildman–Crippen MR) is 111 cm³/mol. The topological polar surface area (TPSA) is 101 Å². The van der Waals surface area contributed by atoms with Gasteiger partial charge in [-0.3, -0.25) is 19.0 Å². The zero-order valence-electron chi connectivity index (χ0n) is 16.2. The highest BCUT2D eigenvalue weighted by Crippen LogP contribution is 2.16. The van der Waals surface area contributed by atoms with Crippen LogP contribution >= 0.6 is 0 Å². The molecule has 1 aromatic carbocycles. The lowest BCUT2D eigenvalue weighted by Gasteiger charge is -2.00. The number of benzene rings is 1. The molecule has 0 atom stereocenters. The second-order valence-electron chi connectivity index (χ2n) is 6.79. The first-order valence-electron chi connectivity index (χ1n) is 9.36. The van der Waals surface area contributed by atoms with Crippen LogP contribution in [-0.2, 0) is 13.1 Å². The third-order valence-corrected chi connectivity index (χ3v) is 4.51. The number of fused-ring (bicyclic) bond motifs is 1. The minimum Gasteiger partial charge on any atom is -0.332 e. The van der Waals surface area contributed by atoms with Crippen molar-refractivity contribution in [2.24, 2.45) is 0 Å². The first kappa shape index (κ1) is 18.5. The smallest absolute Gasteiger partial charge is 0.330 e. The summed E-state index contributed by atoms with van der Waals surface area (Å²) in [4.78, 5) is 34.6. The Kier molecular flexibility index (Phi) is 4.87. The van der Waals surface area contributed by atoms with Gasteiger partial charge in [0.05, 0.1) is 11.8 Å². The summed E-state index contributed by atoms with van der Waals surface area (Å²) >= 11 is 0. The van der Waals surface area contributed by atoms with Gasteiger partial charge in [-0.25, -0.2) is 9.78 Å². The van der Waals surface area contributed by atoms with E-state index in [1.54, 1.807) is 17.1 Å². The van der Waals surface area contributed by atoms with Crippen LogP contribution in [0.15, 0.2) is 46.2 Å². The number of hydrogen-bond donors (Lipinski definition) is 2. The molecule has 0 amide bonds. The van der Waals surface area contributed by atoms with Gasteiger partial charge in [-0.15, -0.1) is 0 Å². The number of aromatic amines is 2. The SMILES string of the molecule is CCCn1c(=O)[nH]c2nc(-c3cnn(CC#Cc4ccc(C)cc4)c3)[nH]c2c1=O. The van der Waals surface area contributed by atoms with E-state index in [4.69, 9.17) is 0 Å². The van der Waals surface area contributed by atoms with E-state index in [9.17, 15) is 9.59 Å². The van der Waals surface area contributed by atoms with Gasteiger partial charge >= 0.3 is 5.69 Å². The summed E-state index contributed by atoms with van der Waals surface area (Å²) in [6, 6.07) is 8.02. The largest absolute Gasteiger partial charge is 0.332 e. The highest BCUT2D eigenvalue weighted by atomic mass is 16.2. The molecular formula is C21H20N6O2. The molecule has 0 radical (unpaired) electrons. The predicted octanol–water partition coefficient (Wildman–Crippen LogP) is 2.05. The van der Waals surface area contributed by atoms with Gasteiger partial charge in [-0.2, -0.15) is 5.10 Å². The molecule has 0 aliphatic carbocycles. The summed E-state index contributed by atoms with van der Waals surface area (Å²) in [5.74, 6) is 6.66. The molecular weight excluding hydrogens is 368 g/mol. The highest BCUT2D eigenvalue weighted by molar-refractivity contribution is 5.74. The van der Waals surface area contributed by atoms with Crippen LogP contribution in [0.1, 0.15) is 24.5 Å². The van der Waals surface area contributed by atoms with Crippen molar-refractivity contribution in [1.29, 1.82) is 0 Å². The van der Waals surface area contributed by atoms with Crippen LogP contribution in [-0.4, -0.2) is 29.3 Å². The number of imidazole rings is 1. The summed E-state index contributed by atoms with van der Waals surface area (Å²) in [7, 11) is 0. The van der Waals surface area contributed by atoms with Gasteiger partial charge in [0.1, 0.15) is 17.9 Å². The van der Waals surface area contributed by atoms with Crippen molar-refractivity contribution >= 4 is 11.2 Å². The number of rotatable bonds is 4. The first-order chi connectivity index (χ1) is 14.0. The average molecular weight is 388 g/mol. The van der Waals surface area contributed by atoms with Gasteiger partial charge in [-0.1, -0.05) is 36.5 Å². The lowest BCUT2D eigenvalue weighted by atomic mass is 10.2. The summed E-state index contributed by atoms with van der Waals surface area (Å²) < 4.78 is 2.87. The third kappa shape index (κ3) is 3.75. The van der Waals surface area contributed by atoms with Crippen molar-refractivity contribution in [2.45, 2.75) is 33.4 Å². The van der Waals surface area contributed by atoms with Crippen molar-refractivity contribution in [3.8, 4) is 23.2 Å². The molecule has 29 heavy (non-hydrogen) atoms. The summed E-state index contributed by atoms with van der Waals surface area (Å²) in [5, 5.41) is 4.29. The molecule has 2 N–H and O–H groups in total. The van der Waals surface area contributed by atoms with Gasteiger partial charge in [-0.05, 0) is 25.5 Å². The maximum absolute atomic E-state index is 12.5. The third-order valence-electron chi connectivity index (χ3n) is 4.51. The zero-order chi connectivity index (χ0) is 20.4. The second kappa shape index (κ2) is 7.64. The van der Waals surface area contributed by atoms with Crippen molar-refractivity contribution in [1.82, 2.24) is 29.3 Å². The number of nitrogens with one attached hydrogen (secondary N) is 2. The van der Waals surface area contributed by atoms with Crippen molar-refractivity contribution in [3.05, 3.63) is 68.6 Å². The quantitative estimate of drug-likeness (QED) is 0.523. The number of hydrogen-bond acceptors (Lipinski definition) is 4. The molecule has 4 aromatic rings. The minimum absolute atomic E-state index is 0.245. The number of H-pyrrole nitrogens is 2. The average Bonchev–Trinajstić information content (AvgIpc) is 3.34. The van der Waals surface area contributed by atoms with Gasteiger partial charge in [0, 0.05) is 18.3 Å². The van der Waals surface area contributed by atoms with Crippen molar-refractivity contribution in [3.63, 3.8) is 0 Å². The van der Waals surface area contributed by atoms with Gasteiger partial charge in [0.15, 0.2) is 5.65 Å². The monoisotopic (exact) mass is 388 g/mol. The van der Waals surface area contributed by atoms with Gasteiger partial charge in [0.25, 0.3) is 5.56 Å². The van der Waals surface area contributed by atoms with Crippen LogP contribution in [0.5, 0.6) is 0 Å². The second-order valence-corrected chi connectivity index (χ2v) is 6.79. The molecule has 0 saturated heterocycles. The Morgan fingerprint density at radius 2 is 1.93 bits per heavy atom. The molecule has 0 fully saturated rings. The van der Waals surface area contributed by atoms with E-state index >= 15 is 0 Å². The Labute approximate surface area is 166 Å². The molecule has 0 unspecified atom stereocenters. The lowest BCUT2D eigenvalue weighted by Crippen LogP contribution is -2.34. The molecule has 0 saturated carbocycles. The van der Waals surface area contributed by atoms with Crippen LogP contribution in [0.3, 0.4) is 0 Å². The fourth-order valence-electron chi connectivity index (χ4n) is 3.01.